The number of para-hydroxylation sites is 1. The second kappa shape index (κ2) is 9.23. The van der Waals surface area contributed by atoms with Gasteiger partial charge in [0, 0.05) is 11.8 Å². The number of carbonyl (C=O) groups excluding carboxylic acids is 1. The number of carbonyl (C=O) groups is 1. The zero-order chi connectivity index (χ0) is 27.2. The number of amides is 1. The van der Waals surface area contributed by atoms with Crippen molar-refractivity contribution in [3.63, 3.8) is 0 Å². The molecule has 2 atom stereocenters. The number of alkyl halides is 6. The number of hydrogen-bond acceptors (Lipinski definition) is 6. The van der Waals surface area contributed by atoms with E-state index in [-0.39, 0.29) is 6.79 Å². The molecular formula is C25H18F6N2O5. The molecule has 2 heterocycles. The molecule has 0 radical (unpaired) electrons. The summed E-state index contributed by atoms with van der Waals surface area (Å²) in [7, 11) is 1.07. The van der Waals surface area contributed by atoms with Crippen molar-refractivity contribution < 1.29 is 50.1 Å². The summed E-state index contributed by atoms with van der Waals surface area (Å²) in [6, 6.07) is 14.9. The molecule has 0 aliphatic carbocycles. The average molecular weight is 540 g/mol. The molecule has 13 heteroatoms. The number of rotatable bonds is 6. The highest BCUT2D eigenvalue weighted by molar-refractivity contribution is 6.12. The lowest BCUT2D eigenvalue weighted by Crippen LogP contribution is -2.45. The molecule has 200 valence electrons. The van der Waals surface area contributed by atoms with E-state index in [0.29, 0.717) is 34.0 Å². The molecule has 7 nitrogen and oxygen atoms in total. The van der Waals surface area contributed by atoms with E-state index in [0.717, 1.165) is 13.2 Å². The summed E-state index contributed by atoms with van der Waals surface area (Å²) in [6.07, 6.45) is -16.6. The number of methoxy groups -OCH3 is 1. The topological polar surface area (TPSA) is 69.3 Å². The van der Waals surface area contributed by atoms with Gasteiger partial charge in [-0.2, -0.15) is 22.0 Å². The van der Waals surface area contributed by atoms with E-state index in [2.05, 4.69) is 10.1 Å². The van der Waals surface area contributed by atoms with Gasteiger partial charge < -0.3 is 24.3 Å². The Hall–Kier alpha value is -4.29. The van der Waals surface area contributed by atoms with E-state index in [1.165, 1.54) is 17.0 Å². The minimum atomic E-state index is -5.85. The van der Waals surface area contributed by atoms with Gasteiger partial charge in [-0.05, 0) is 42.0 Å². The summed E-state index contributed by atoms with van der Waals surface area (Å²) in [6.45, 7) is 0.00855. The van der Waals surface area contributed by atoms with Crippen LogP contribution in [0, 0.1) is 0 Å². The summed E-state index contributed by atoms with van der Waals surface area (Å²) in [5.41, 5.74) is 1.54. The number of anilines is 2. The van der Waals surface area contributed by atoms with Crippen molar-refractivity contribution >= 4 is 17.3 Å². The fraction of sp³-hybridized carbons (Fsp3) is 0.240. The molecule has 0 fully saturated rings. The van der Waals surface area contributed by atoms with Gasteiger partial charge in [-0.1, -0.05) is 18.2 Å². The van der Waals surface area contributed by atoms with E-state index in [9.17, 15) is 31.1 Å². The first-order valence-corrected chi connectivity index (χ1v) is 11.0. The predicted molar refractivity (Wildman–Crippen MR) is 122 cm³/mol. The third-order valence-electron chi connectivity index (χ3n) is 5.89. The number of fused-ring (bicyclic) bond motifs is 2. The van der Waals surface area contributed by atoms with E-state index >= 15 is 0 Å². The third-order valence-corrected chi connectivity index (χ3v) is 5.89. The second-order valence-corrected chi connectivity index (χ2v) is 8.28. The highest BCUT2D eigenvalue weighted by atomic mass is 19.4. The first-order valence-electron chi connectivity index (χ1n) is 11.0. The van der Waals surface area contributed by atoms with Crippen molar-refractivity contribution in [3.05, 3.63) is 71.8 Å². The highest BCUT2D eigenvalue weighted by Crippen LogP contribution is 2.44. The average Bonchev–Trinajstić information content (AvgIpc) is 3.35. The molecule has 1 amide bonds. The molecule has 2 aliphatic heterocycles. The van der Waals surface area contributed by atoms with Gasteiger partial charge in [0.2, 0.25) is 6.79 Å². The van der Waals surface area contributed by atoms with Crippen molar-refractivity contribution in [2.45, 2.75) is 24.6 Å². The summed E-state index contributed by atoms with van der Waals surface area (Å²) in [5.74, 6) is -0.751. The van der Waals surface area contributed by atoms with Gasteiger partial charge in [-0.25, -0.2) is 4.39 Å². The SMILES string of the molecule is COc1cc([C@@H]2Nc3ccccc3C(=O)N2c2ccc3c(c2)OCO3)ccc1OC(F)(F)[C@@H](F)C(F)(F)F. The quantitative estimate of drug-likeness (QED) is 0.383. The number of nitrogens with one attached hydrogen (secondary N) is 1. The molecule has 0 saturated carbocycles. The Morgan fingerprint density at radius 3 is 2.45 bits per heavy atom. The zero-order valence-electron chi connectivity index (χ0n) is 19.4. The number of nitrogens with zero attached hydrogens (tertiary/aromatic N) is 1. The molecular weight excluding hydrogens is 522 g/mol. The second-order valence-electron chi connectivity index (χ2n) is 8.28. The Bertz CT molecular complexity index is 1380. The van der Waals surface area contributed by atoms with Crippen LogP contribution in [-0.2, 0) is 0 Å². The molecule has 3 aromatic carbocycles. The Kier molecular flexibility index (Phi) is 6.16. The van der Waals surface area contributed by atoms with E-state index < -0.39 is 42.0 Å². The van der Waals surface area contributed by atoms with Crippen molar-refractivity contribution in [2.24, 2.45) is 0 Å². The predicted octanol–water partition coefficient (Wildman–Crippen LogP) is 6.07. The number of ether oxygens (including phenoxy) is 4. The summed E-state index contributed by atoms with van der Waals surface area (Å²) in [4.78, 5) is 15.0. The lowest BCUT2D eigenvalue weighted by molar-refractivity contribution is -0.305. The monoisotopic (exact) mass is 540 g/mol. The Morgan fingerprint density at radius 2 is 1.71 bits per heavy atom. The van der Waals surface area contributed by atoms with Gasteiger partial charge in [0.05, 0.1) is 18.4 Å². The molecule has 0 bridgehead atoms. The zero-order valence-corrected chi connectivity index (χ0v) is 19.4. The summed E-state index contributed by atoms with van der Waals surface area (Å²) in [5, 5.41) is 3.20. The van der Waals surface area contributed by atoms with Crippen LogP contribution in [0.4, 0.5) is 37.7 Å². The molecule has 0 saturated heterocycles. The van der Waals surface area contributed by atoms with Crippen molar-refractivity contribution in [2.75, 3.05) is 24.1 Å². The molecule has 0 aromatic heterocycles. The van der Waals surface area contributed by atoms with E-state index in [1.54, 1.807) is 42.5 Å². The molecule has 5 rings (SSSR count). The molecule has 0 unspecified atom stereocenters. The molecule has 38 heavy (non-hydrogen) atoms. The fourth-order valence-corrected chi connectivity index (χ4v) is 4.12. The lowest BCUT2D eigenvalue weighted by atomic mass is 10.0. The maximum absolute atomic E-state index is 13.9. The normalized spacial score (nSPS) is 17.5. The Labute approximate surface area is 211 Å². The van der Waals surface area contributed by atoms with Crippen LogP contribution in [0.15, 0.2) is 60.7 Å². The smallest absolute Gasteiger partial charge is 0.439 e. The van der Waals surface area contributed by atoms with Crippen LogP contribution < -0.4 is 29.2 Å². The third kappa shape index (κ3) is 4.48. The highest BCUT2D eigenvalue weighted by Gasteiger charge is 2.59. The van der Waals surface area contributed by atoms with Crippen LogP contribution in [0.25, 0.3) is 0 Å². The minimum absolute atomic E-state index is 0.00855. The first-order chi connectivity index (χ1) is 18.0. The largest absolute Gasteiger partial charge is 0.493 e. The van der Waals surface area contributed by atoms with Gasteiger partial charge in [0.15, 0.2) is 23.0 Å². The first kappa shape index (κ1) is 25.4. The Balaban J connectivity index is 1.54. The fourth-order valence-electron chi connectivity index (χ4n) is 4.12. The van der Waals surface area contributed by atoms with Crippen LogP contribution in [0.2, 0.25) is 0 Å². The van der Waals surface area contributed by atoms with Gasteiger partial charge in [0.25, 0.3) is 12.1 Å². The van der Waals surface area contributed by atoms with Crippen LogP contribution in [-0.4, -0.2) is 38.3 Å². The lowest BCUT2D eigenvalue weighted by Gasteiger charge is -2.38. The van der Waals surface area contributed by atoms with Crippen LogP contribution in [0.1, 0.15) is 22.1 Å². The van der Waals surface area contributed by atoms with Gasteiger partial charge in [-0.15, -0.1) is 0 Å². The van der Waals surface area contributed by atoms with Crippen molar-refractivity contribution in [3.8, 4) is 23.0 Å². The summed E-state index contributed by atoms with van der Waals surface area (Å²) >= 11 is 0. The van der Waals surface area contributed by atoms with Gasteiger partial charge in [0.1, 0.15) is 6.17 Å². The standard InChI is InChI=1S/C25H18F6N2O5/c1-35-19-10-13(6-8-18(19)38-25(30,31)23(26)24(27,28)29)21-32-16-5-3-2-4-15(16)22(34)33(21)14-7-9-17-20(11-14)37-12-36-17/h2-11,21,23,32H,12H2,1H3/t21-,23+/m1/s1. The number of halogens is 6. The molecule has 3 aromatic rings. The van der Waals surface area contributed by atoms with Gasteiger partial charge in [-0.3, -0.25) is 9.69 Å². The van der Waals surface area contributed by atoms with Crippen molar-refractivity contribution in [1.82, 2.24) is 0 Å². The van der Waals surface area contributed by atoms with Crippen LogP contribution in [0.5, 0.6) is 23.0 Å². The molecule has 2 aliphatic rings. The van der Waals surface area contributed by atoms with Gasteiger partial charge >= 0.3 is 12.3 Å². The van der Waals surface area contributed by atoms with E-state index in [4.69, 9.17) is 14.2 Å². The number of hydrogen-bond donors (Lipinski definition) is 1. The maximum Gasteiger partial charge on any atom is 0.439 e. The Morgan fingerprint density at radius 1 is 0.974 bits per heavy atom. The summed E-state index contributed by atoms with van der Waals surface area (Å²) < 4.78 is 98.8. The number of benzene rings is 3. The van der Waals surface area contributed by atoms with Crippen LogP contribution >= 0.6 is 0 Å². The minimum Gasteiger partial charge on any atom is -0.493 e. The molecule has 1 N–H and O–H groups in total. The van der Waals surface area contributed by atoms with Crippen molar-refractivity contribution in [1.29, 1.82) is 0 Å². The van der Waals surface area contributed by atoms with Crippen LogP contribution in [0.3, 0.4) is 0 Å². The maximum atomic E-state index is 13.9. The van der Waals surface area contributed by atoms with E-state index in [1.807, 2.05) is 0 Å². The molecule has 0 spiro atoms.